The summed E-state index contributed by atoms with van der Waals surface area (Å²) in [6.07, 6.45) is 0.146. The average Bonchev–Trinajstić information content (AvgIpc) is 2.04. The van der Waals surface area contributed by atoms with Crippen LogP contribution in [0, 0.1) is 5.82 Å². The molecule has 0 saturated heterocycles. The van der Waals surface area contributed by atoms with Gasteiger partial charge in [0.2, 0.25) is 0 Å². The highest BCUT2D eigenvalue weighted by atomic mass is 35.5. The van der Waals surface area contributed by atoms with Crippen molar-refractivity contribution in [2.24, 2.45) is 5.73 Å². The molecule has 0 aromatic heterocycles. The molecule has 0 amide bonds. The molecular weight excluding hydrogens is 209 g/mol. The minimum atomic E-state index is -1.08. The predicted molar refractivity (Wildman–Crippen MR) is 53.0 cm³/mol. The van der Waals surface area contributed by atoms with Crippen LogP contribution in [-0.4, -0.2) is 17.1 Å². The first-order chi connectivity index (χ1) is 6.09. The van der Waals surface area contributed by atoms with Gasteiger partial charge in [-0.25, -0.2) is 4.39 Å². The van der Waals surface area contributed by atoms with Crippen molar-refractivity contribution in [3.8, 4) is 0 Å². The van der Waals surface area contributed by atoms with Crippen LogP contribution in [0.25, 0.3) is 0 Å². The number of hydrogen-bond acceptors (Lipinski definition) is 2. The van der Waals surface area contributed by atoms with E-state index in [4.69, 9.17) is 10.8 Å². The molecule has 0 spiro atoms. The summed E-state index contributed by atoms with van der Waals surface area (Å²) in [5.74, 6) is -1.46. The van der Waals surface area contributed by atoms with E-state index in [0.29, 0.717) is 5.56 Å². The number of rotatable bonds is 3. The SMILES string of the molecule is Cl.NC(Cc1cccc(F)c1)C(=O)O. The molecular formula is C9H11ClFNO2. The normalized spacial score (nSPS) is 11.6. The first-order valence-corrected chi connectivity index (χ1v) is 3.82. The Hall–Kier alpha value is -1.13. The van der Waals surface area contributed by atoms with E-state index in [1.807, 2.05) is 0 Å². The zero-order chi connectivity index (χ0) is 9.84. The number of hydrogen-bond donors (Lipinski definition) is 2. The quantitative estimate of drug-likeness (QED) is 0.803. The molecule has 0 aliphatic rings. The van der Waals surface area contributed by atoms with Crippen LogP contribution in [0.15, 0.2) is 24.3 Å². The topological polar surface area (TPSA) is 63.3 Å². The van der Waals surface area contributed by atoms with E-state index in [9.17, 15) is 9.18 Å². The number of nitrogens with two attached hydrogens (primary N) is 1. The van der Waals surface area contributed by atoms with Crippen molar-refractivity contribution in [1.82, 2.24) is 0 Å². The van der Waals surface area contributed by atoms with E-state index in [2.05, 4.69) is 0 Å². The number of aliphatic carboxylic acids is 1. The molecule has 1 aromatic carbocycles. The molecule has 0 heterocycles. The van der Waals surface area contributed by atoms with Crippen LogP contribution in [0.5, 0.6) is 0 Å². The minimum absolute atomic E-state index is 0. The maximum Gasteiger partial charge on any atom is 0.320 e. The Labute approximate surface area is 87.1 Å². The lowest BCUT2D eigenvalue weighted by molar-refractivity contribution is -0.138. The lowest BCUT2D eigenvalue weighted by atomic mass is 10.1. The van der Waals surface area contributed by atoms with Crippen molar-refractivity contribution in [2.45, 2.75) is 12.5 Å². The van der Waals surface area contributed by atoms with Gasteiger partial charge in [0.1, 0.15) is 11.9 Å². The number of benzene rings is 1. The third kappa shape index (κ3) is 3.72. The summed E-state index contributed by atoms with van der Waals surface area (Å²) < 4.78 is 12.6. The lowest BCUT2D eigenvalue weighted by Crippen LogP contribution is -2.32. The van der Waals surface area contributed by atoms with Crippen LogP contribution in [0.3, 0.4) is 0 Å². The molecule has 0 saturated carbocycles. The van der Waals surface area contributed by atoms with Crippen molar-refractivity contribution in [3.05, 3.63) is 35.6 Å². The lowest BCUT2D eigenvalue weighted by Gasteiger charge is -2.05. The van der Waals surface area contributed by atoms with Gasteiger partial charge >= 0.3 is 5.97 Å². The molecule has 0 aliphatic carbocycles. The van der Waals surface area contributed by atoms with Crippen LogP contribution in [0.2, 0.25) is 0 Å². The van der Waals surface area contributed by atoms with Crippen molar-refractivity contribution in [2.75, 3.05) is 0 Å². The Morgan fingerprint density at radius 3 is 2.71 bits per heavy atom. The average molecular weight is 220 g/mol. The molecule has 3 nitrogen and oxygen atoms in total. The van der Waals surface area contributed by atoms with Crippen molar-refractivity contribution >= 4 is 18.4 Å². The number of carboxylic acids is 1. The zero-order valence-electron chi connectivity index (χ0n) is 7.31. The Kier molecular flexibility index (Phi) is 5.12. The Morgan fingerprint density at radius 1 is 1.57 bits per heavy atom. The number of carbonyl (C=O) groups is 1. The van der Waals surface area contributed by atoms with Gasteiger partial charge in [-0.1, -0.05) is 12.1 Å². The second kappa shape index (κ2) is 5.57. The fraction of sp³-hybridized carbons (Fsp3) is 0.222. The van der Waals surface area contributed by atoms with E-state index in [0.717, 1.165) is 0 Å². The first-order valence-electron chi connectivity index (χ1n) is 3.82. The highest BCUT2D eigenvalue weighted by molar-refractivity contribution is 5.85. The van der Waals surface area contributed by atoms with E-state index >= 15 is 0 Å². The predicted octanol–water partition coefficient (Wildman–Crippen LogP) is 1.20. The van der Waals surface area contributed by atoms with Gasteiger partial charge in [-0.05, 0) is 24.1 Å². The van der Waals surface area contributed by atoms with Gasteiger partial charge in [-0.2, -0.15) is 0 Å². The standard InChI is InChI=1S/C9H10FNO2.ClH/c10-7-3-1-2-6(4-7)5-8(11)9(12)13;/h1-4,8H,5,11H2,(H,12,13);1H. The van der Waals surface area contributed by atoms with Gasteiger partial charge in [-0.3, -0.25) is 4.79 Å². The summed E-state index contributed by atoms with van der Waals surface area (Å²) in [5, 5.41) is 8.49. The van der Waals surface area contributed by atoms with Gasteiger partial charge in [-0.15, -0.1) is 12.4 Å². The third-order valence-corrected chi connectivity index (χ3v) is 1.66. The Morgan fingerprint density at radius 2 is 2.21 bits per heavy atom. The van der Waals surface area contributed by atoms with E-state index in [-0.39, 0.29) is 24.6 Å². The summed E-state index contributed by atoms with van der Waals surface area (Å²) in [6.45, 7) is 0. The van der Waals surface area contributed by atoms with E-state index in [1.54, 1.807) is 6.07 Å². The Balaban J connectivity index is 0.00000169. The molecule has 0 aliphatic heterocycles. The van der Waals surface area contributed by atoms with Crippen LogP contribution in [0.4, 0.5) is 4.39 Å². The van der Waals surface area contributed by atoms with Gasteiger partial charge in [0.25, 0.3) is 0 Å². The van der Waals surface area contributed by atoms with E-state index < -0.39 is 12.0 Å². The molecule has 5 heteroatoms. The molecule has 1 atom stereocenters. The van der Waals surface area contributed by atoms with Crippen LogP contribution in [0.1, 0.15) is 5.56 Å². The van der Waals surface area contributed by atoms with Crippen LogP contribution >= 0.6 is 12.4 Å². The van der Waals surface area contributed by atoms with Crippen LogP contribution in [-0.2, 0) is 11.2 Å². The second-order valence-corrected chi connectivity index (χ2v) is 2.78. The van der Waals surface area contributed by atoms with Gasteiger partial charge in [0.15, 0.2) is 0 Å². The molecule has 14 heavy (non-hydrogen) atoms. The molecule has 3 N–H and O–H groups in total. The highest BCUT2D eigenvalue weighted by Crippen LogP contribution is 2.05. The highest BCUT2D eigenvalue weighted by Gasteiger charge is 2.11. The van der Waals surface area contributed by atoms with Crippen molar-refractivity contribution in [1.29, 1.82) is 0 Å². The fourth-order valence-corrected chi connectivity index (χ4v) is 1.01. The number of carboxylic acid groups (broad SMARTS) is 1. The van der Waals surface area contributed by atoms with Gasteiger partial charge in [0, 0.05) is 0 Å². The molecule has 78 valence electrons. The molecule has 0 bridgehead atoms. The minimum Gasteiger partial charge on any atom is -0.480 e. The van der Waals surface area contributed by atoms with Gasteiger partial charge in [0.05, 0.1) is 0 Å². The summed E-state index contributed by atoms with van der Waals surface area (Å²) in [6, 6.07) is 4.78. The van der Waals surface area contributed by atoms with Crippen molar-refractivity contribution < 1.29 is 14.3 Å². The van der Waals surface area contributed by atoms with Gasteiger partial charge < -0.3 is 10.8 Å². The molecule has 0 fully saturated rings. The molecule has 1 rings (SSSR count). The van der Waals surface area contributed by atoms with Crippen LogP contribution < -0.4 is 5.73 Å². The summed E-state index contributed by atoms with van der Waals surface area (Å²) >= 11 is 0. The second-order valence-electron chi connectivity index (χ2n) is 2.78. The Bertz CT molecular complexity index is 319. The van der Waals surface area contributed by atoms with E-state index in [1.165, 1.54) is 18.2 Å². The summed E-state index contributed by atoms with van der Waals surface area (Å²) in [5.41, 5.74) is 5.87. The molecule has 1 aromatic rings. The third-order valence-electron chi connectivity index (χ3n) is 1.66. The number of halogens is 2. The molecule has 0 radical (unpaired) electrons. The summed E-state index contributed by atoms with van der Waals surface area (Å²) in [7, 11) is 0. The largest absolute Gasteiger partial charge is 0.480 e. The summed E-state index contributed by atoms with van der Waals surface area (Å²) in [4.78, 5) is 10.4. The maximum absolute atomic E-state index is 12.6. The monoisotopic (exact) mass is 219 g/mol. The fourth-order valence-electron chi connectivity index (χ4n) is 1.01. The van der Waals surface area contributed by atoms with Crippen molar-refractivity contribution in [3.63, 3.8) is 0 Å². The first kappa shape index (κ1) is 12.9. The molecule has 1 unspecified atom stereocenters. The smallest absolute Gasteiger partial charge is 0.320 e. The zero-order valence-corrected chi connectivity index (χ0v) is 8.13. The maximum atomic E-state index is 12.6.